The van der Waals surface area contributed by atoms with Crippen LogP contribution in [0.1, 0.15) is 44.1 Å². The molecule has 3 rings (SSSR count). The van der Waals surface area contributed by atoms with Gasteiger partial charge in [0.15, 0.2) is 5.78 Å². The van der Waals surface area contributed by atoms with Crippen LogP contribution < -0.4 is 5.32 Å². The van der Waals surface area contributed by atoms with Crippen LogP contribution in [0.15, 0.2) is 24.3 Å². The van der Waals surface area contributed by atoms with Crippen LogP contribution in [0.3, 0.4) is 0 Å². The fraction of sp³-hybridized carbons (Fsp3) is 0.588. The van der Waals surface area contributed by atoms with Crippen molar-refractivity contribution in [3.63, 3.8) is 0 Å². The Balaban J connectivity index is 1.62. The monoisotopic (exact) mass is 291 g/mol. The number of fused-ring (bicyclic) bond motifs is 1. The Morgan fingerprint density at radius 2 is 1.95 bits per heavy atom. The van der Waals surface area contributed by atoms with Gasteiger partial charge in [0.1, 0.15) is 0 Å². The molecule has 1 N–H and O–H groups in total. The zero-order chi connectivity index (χ0) is 13.9. The molecule has 1 aromatic rings. The number of benzene rings is 1. The quantitative estimate of drug-likeness (QED) is 0.919. The van der Waals surface area contributed by atoms with Gasteiger partial charge in [0.2, 0.25) is 0 Å². The molecule has 3 heteroatoms. The van der Waals surface area contributed by atoms with Crippen molar-refractivity contribution in [1.29, 1.82) is 0 Å². The number of hydrogen-bond acceptors (Lipinski definition) is 2. The Bertz CT molecular complexity index is 488. The van der Waals surface area contributed by atoms with Crippen LogP contribution in [-0.4, -0.2) is 17.9 Å². The van der Waals surface area contributed by atoms with Crippen LogP contribution in [0.4, 0.5) is 0 Å². The molecule has 3 unspecified atom stereocenters. The van der Waals surface area contributed by atoms with E-state index in [1.807, 2.05) is 24.3 Å². The molecule has 0 aromatic heterocycles. The maximum atomic E-state index is 12.5. The smallest absolute Gasteiger partial charge is 0.154 e. The van der Waals surface area contributed by atoms with Crippen LogP contribution in [0.25, 0.3) is 0 Å². The minimum Gasteiger partial charge on any atom is -0.304 e. The molecular weight excluding hydrogens is 270 g/mol. The van der Waals surface area contributed by atoms with Gasteiger partial charge in [-0.1, -0.05) is 42.6 Å². The second-order valence-electron chi connectivity index (χ2n) is 6.18. The molecule has 2 aliphatic rings. The minimum atomic E-state index is 0.0330. The summed E-state index contributed by atoms with van der Waals surface area (Å²) in [7, 11) is 0. The second kappa shape index (κ2) is 6.28. The summed E-state index contributed by atoms with van der Waals surface area (Å²) in [5.41, 5.74) is 0.951. The largest absolute Gasteiger partial charge is 0.304 e. The molecule has 20 heavy (non-hydrogen) atoms. The van der Waals surface area contributed by atoms with E-state index in [4.69, 9.17) is 11.6 Å². The molecule has 1 aromatic carbocycles. The van der Waals surface area contributed by atoms with E-state index in [1.54, 1.807) is 0 Å². The van der Waals surface area contributed by atoms with Crippen molar-refractivity contribution in [2.75, 3.05) is 0 Å². The molecule has 1 saturated carbocycles. The van der Waals surface area contributed by atoms with Gasteiger partial charge in [0.25, 0.3) is 0 Å². The van der Waals surface area contributed by atoms with E-state index in [0.717, 1.165) is 17.9 Å². The first-order chi connectivity index (χ1) is 9.74. The topological polar surface area (TPSA) is 29.1 Å². The van der Waals surface area contributed by atoms with E-state index < -0.39 is 0 Å². The predicted molar refractivity (Wildman–Crippen MR) is 82.1 cm³/mol. The van der Waals surface area contributed by atoms with Crippen molar-refractivity contribution in [2.45, 2.75) is 57.0 Å². The lowest BCUT2D eigenvalue weighted by Gasteiger charge is -2.40. The SMILES string of the molecule is O=C(Cc1ccccc1Cl)C1CCC2CCCCC2N1. The normalized spacial score (nSPS) is 29.8. The van der Waals surface area contributed by atoms with Gasteiger partial charge in [0.05, 0.1) is 6.04 Å². The summed E-state index contributed by atoms with van der Waals surface area (Å²) < 4.78 is 0. The van der Waals surface area contributed by atoms with Gasteiger partial charge in [-0.05, 0) is 43.2 Å². The number of halogens is 1. The lowest BCUT2D eigenvalue weighted by atomic mass is 9.77. The lowest BCUT2D eigenvalue weighted by molar-refractivity contribution is -0.121. The van der Waals surface area contributed by atoms with Crippen LogP contribution in [0, 0.1) is 5.92 Å². The second-order valence-corrected chi connectivity index (χ2v) is 6.59. The molecule has 1 saturated heterocycles. The third kappa shape index (κ3) is 3.07. The summed E-state index contributed by atoms with van der Waals surface area (Å²) in [6.45, 7) is 0. The average molecular weight is 292 g/mol. The Morgan fingerprint density at radius 3 is 2.80 bits per heavy atom. The predicted octanol–water partition coefficient (Wildman–Crippen LogP) is 3.76. The summed E-state index contributed by atoms with van der Waals surface area (Å²) in [5.74, 6) is 1.09. The molecule has 0 spiro atoms. The van der Waals surface area contributed by atoms with Crippen LogP contribution in [-0.2, 0) is 11.2 Å². The lowest BCUT2D eigenvalue weighted by Crippen LogP contribution is -2.52. The van der Waals surface area contributed by atoms with Gasteiger partial charge in [0, 0.05) is 17.5 Å². The third-order valence-electron chi connectivity index (χ3n) is 4.86. The van der Waals surface area contributed by atoms with Crippen molar-refractivity contribution in [1.82, 2.24) is 5.32 Å². The van der Waals surface area contributed by atoms with E-state index in [2.05, 4.69) is 5.32 Å². The molecule has 0 bridgehead atoms. The van der Waals surface area contributed by atoms with Gasteiger partial charge in [-0.2, -0.15) is 0 Å². The Labute approximate surface area is 125 Å². The number of nitrogens with one attached hydrogen (secondary N) is 1. The van der Waals surface area contributed by atoms with Crippen LogP contribution >= 0.6 is 11.6 Å². The van der Waals surface area contributed by atoms with Crippen molar-refractivity contribution < 1.29 is 4.79 Å². The van der Waals surface area contributed by atoms with E-state index in [1.165, 1.54) is 32.1 Å². The molecule has 2 nitrogen and oxygen atoms in total. The van der Waals surface area contributed by atoms with E-state index in [-0.39, 0.29) is 6.04 Å². The maximum absolute atomic E-state index is 12.5. The minimum absolute atomic E-state index is 0.0330. The van der Waals surface area contributed by atoms with Crippen molar-refractivity contribution in [3.8, 4) is 0 Å². The maximum Gasteiger partial charge on any atom is 0.154 e. The van der Waals surface area contributed by atoms with Gasteiger partial charge in [-0.15, -0.1) is 0 Å². The van der Waals surface area contributed by atoms with E-state index >= 15 is 0 Å². The fourth-order valence-corrected chi connectivity index (χ4v) is 3.90. The van der Waals surface area contributed by atoms with Crippen LogP contribution in [0.2, 0.25) is 5.02 Å². The Morgan fingerprint density at radius 1 is 1.15 bits per heavy atom. The molecule has 2 fully saturated rings. The molecular formula is C17H22ClNO. The highest BCUT2D eigenvalue weighted by atomic mass is 35.5. The summed E-state index contributed by atoms with van der Waals surface area (Å²) in [6.07, 6.45) is 7.89. The van der Waals surface area contributed by atoms with Gasteiger partial charge >= 0.3 is 0 Å². The average Bonchev–Trinajstić information content (AvgIpc) is 2.49. The zero-order valence-electron chi connectivity index (χ0n) is 11.8. The zero-order valence-corrected chi connectivity index (χ0v) is 12.5. The number of piperidine rings is 1. The molecule has 0 radical (unpaired) electrons. The first kappa shape index (κ1) is 14.1. The first-order valence-corrected chi connectivity index (χ1v) is 8.14. The first-order valence-electron chi connectivity index (χ1n) is 7.76. The number of carbonyl (C=O) groups is 1. The van der Waals surface area contributed by atoms with Gasteiger partial charge in [-0.25, -0.2) is 0 Å². The molecule has 3 atom stereocenters. The van der Waals surface area contributed by atoms with Crippen molar-refractivity contribution >= 4 is 17.4 Å². The van der Waals surface area contributed by atoms with Gasteiger partial charge in [-0.3, -0.25) is 4.79 Å². The number of rotatable bonds is 3. The summed E-state index contributed by atoms with van der Waals surface area (Å²) in [4.78, 5) is 12.5. The summed E-state index contributed by atoms with van der Waals surface area (Å²) >= 11 is 6.15. The molecule has 1 aliphatic heterocycles. The molecule has 108 valence electrons. The summed E-state index contributed by atoms with van der Waals surface area (Å²) in [6, 6.07) is 8.26. The highest BCUT2D eigenvalue weighted by Gasteiger charge is 2.34. The number of Topliss-reactive ketones (excluding diaryl/α,β-unsaturated/α-hetero) is 1. The number of carbonyl (C=O) groups excluding carboxylic acids is 1. The van der Waals surface area contributed by atoms with Crippen molar-refractivity contribution in [3.05, 3.63) is 34.9 Å². The standard InChI is InChI=1S/C17H22ClNO/c18-14-7-3-1-6-13(14)11-17(20)16-10-9-12-5-2-4-8-15(12)19-16/h1,3,6-7,12,15-16,19H,2,4-5,8-11H2. The van der Waals surface area contributed by atoms with Gasteiger partial charge < -0.3 is 5.32 Å². The molecule has 0 amide bonds. The molecule has 1 heterocycles. The summed E-state index contributed by atoms with van der Waals surface area (Å²) in [5, 5.41) is 4.30. The fourth-order valence-electron chi connectivity index (χ4n) is 3.70. The highest BCUT2D eigenvalue weighted by Crippen LogP contribution is 2.32. The van der Waals surface area contributed by atoms with Crippen LogP contribution in [0.5, 0.6) is 0 Å². The number of hydrogen-bond donors (Lipinski definition) is 1. The van der Waals surface area contributed by atoms with E-state index in [0.29, 0.717) is 23.3 Å². The Kier molecular flexibility index (Phi) is 4.42. The molecule has 1 aliphatic carbocycles. The number of ketones is 1. The van der Waals surface area contributed by atoms with E-state index in [9.17, 15) is 4.79 Å². The highest BCUT2D eigenvalue weighted by molar-refractivity contribution is 6.31. The third-order valence-corrected chi connectivity index (χ3v) is 5.23. The van der Waals surface area contributed by atoms with Crippen molar-refractivity contribution in [2.24, 2.45) is 5.92 Å². The Hall–Kier alpha value is -0.860.